The third kappa shape index (κ3) is 11.8. The van der Waals surface area contributed by atoms with E-state index in [4.69, 9.17) is 27.8 Å². The number of nitro benzene ring substituents is 2. The number of carbonyl (C=O) groups excluding carboxylic acids is 2. The largest absolute Gasteiger partial charge is 0.389 e. The maximum absolute atomic E-state index is 17.9. The van der Waals surface area contributed by atoms with Crippen LogP contribution in [0.2, 0.25) is 0 Å². The van der Waals surface area contributed by atoms with Gasteiger partial charge in [0.05, 0.1) is 41.8 Å². The molecule has 0 N–H and O–H groups in total. The fraction of sp³-hybridized carbons (Fsp3) is 0.296. The first-order valence-corrected chi connectivity index (χ1v) is 33.1. The lowest BCUT2D eigenvalue weighted by Gasteiger charge is -2.29. The zero-order chi connectivity index (χ0) is 59.7. The second kappa shape index (κ2) is 24.9. The summed E-state index contributed by atoms with van der Waals surface area (Å²) in [6.07, 6.45) is -7.76. The van der Waals surface area contributed by atoms with Crippen LogP contribution in [0.25, 0.3) is 22.3 Å². The molecule has 86 heavy (non-hydrogen) atoms. The Morgan fingerprint density at radius 3 is 1.62 bits per heavy atom. The minimum absolute atomic E-state index is 0.00556. The first kappa shape index (κ1) is 58.6. The molecular formula is C54H48F2N12O14P2S2. The Bertz CT molecular complexity index is 3760. The molecule has 5 aliphatic heterocycles. The molecule has 10 atom stereocenters. The number of para-hydroxylation sites is 2. The highest BCUT2D eigenvalue weighted by Crippen LogP contribution is 2.66. The first-order valence-electron chi connectivity index (χ1n) is 26.5. The number of benzene rings is 4. The number of hydrogen-bond donors (Lipinski definition) is 0. The zero-order valence-corrected chi connectivity index (χ0v) is 48.1. The molecule has 0 radical (unpaired) electrons. The quantitative estimate of drug-likeness (QED) is 0.0532. The van der Waals surface area contributed by atoms with Gasteiger partial charge in [-0.1, -0.05) is 96.3 Å². The molecule has 444 valence electrons. The lowest BCUT2D eigenvalue weighted by atomic mass is 10.1. The van der Waals surface area contributed by atoms with Crippen LogP contribution < -0.4 is 9.80 Å². The maximum atomic E-state index is 17.9. The van der Waals surface area contributed by atoms with Gasteiger partial charge in [-0.05, 0) is 35.6 Å². The van der Waals surface area contributed by atoms with Crippen LogP contribution in [0.1, 0.15) is 50.7 Å². The van der Waals surface area contributed by atoms with Gasteiger partial charge in [-0.15, -0.1) is 0 Å². The third-order valence-electron chi connectivity index (χ3n) is 14.4. The highest BCUT2D eigenvalue weighted by Gasteiger charge is 2.54. The summed E-state index contributed by atoms with van der Waals surface area (Å²) >= 11 is 1.13. The van der Waals surface area contributed by atoms with Crippen molar-refractivity contribution in [1.82, 2.24) is 39.0 Å². The first-order chi connectivity index (χ1) is 41.7. The van der Waals surface area contributed by atoms with E-state index >= 15 is 17.9 Å². The lowest BCUT2D eigenvalue weighted by Crippen LogP contribution is -2.35. The number of alkyl halides is 2. The van der Waals surface area contributed by atoms with E-state index in [0.29, 0.717) is 22.8 Å². The summed E-state index contributed by atoms with van der Waals surface area (Å²) in [5.74, 6) is -1.75. The van der Waals surface area contributed by atoms with Gasteiger partial charge in [0.15, 0.2) is 58.8 Å². The standard InChI is InChI=1S/C54H48F2N12O14P2S2/c55-41-45-39-21-24-78-84(76,86-27-36-18-8-10-20-38(36)68(73)74)82-46-40(25-77-32-83(75,81-45)85-26-35-17-7-9-19-37(35)67(71)72)80-54(42(46)56)66-31-62-44-48(58-29-60-50(44)66)64(52(70)34-15-5-2-6-16-34)23-12-11-22-63(51(69)33-13-3-1-4-14-33)47-43-49(59-28-57-47)65(30-61-43)53(41)79-39/h1-20,28-31,39-42,45-46,53-54H,21-27,32H2/b12-11-/t39-,40-,41-,42-,45-,46-,53?,54?,83+,84-/m1/s1. The van der Waals surface area contributed by atoms with E-state index in [9.17, 15) is 29.8 Å². The number of aromatic nitrogens is 8. The normalized spacial score (nSPS) is 26.6. The average Bonchev–Trinajstić information content (AvgIpc) is 2.64. The van der Waals surface area contributed by atoms with E-state index in [0.717, 1.165) is 12.7 Å². The second-order valence-corrected chi connectivity index (χ2v) is 28.4. The molecule has 0 saturated carbocycles. The van der Waals surface area contributed by atoms with Crippen molar-refractivity contribution in [3.8, 4) is 0 Å². The molecule has 2 amide bonds. The molecule has 8 aromatic rings. The molecule has 0 aliphatic carbocycles. The Hall–Kier alpha value is -7.76. The molecule has 5 aliphatic rings. The second-order valence-electron chi connectivity index (χ2n) is 19.7. The van der Waals surface area contributed by atoms with Crippen molar-refractivity contribution in [2.75, 3.05) is 42.5 Å². The third-order valence-corrected chi connectivity index (χ3v) is 22.1. The van der Waals surface area contributed by atoms with E-state index in [1.54, 1.807) is 78.9 Å². The number of rotatable bonds is 10. The number of nitrogens with zero attached hydrogens (tertiary/aromatic N) is 12. The Morgan fingerprint density at radius 2 is 1.09 bits per heavy atom. The fourth-order valence-electron chi connectivity index (χ4n) is 10.3. The predicted octanol–water partition coefficient (Wildman–Crippen LogP) is 10.1. The van der Waals surface area contributed by atoms with Crippen LogP contribution in [0, 0.1) is 20.2 Å². The van der Waals surface area contributed by atoms with E-state index in [2.05, 4.69) is 29.9 Å². The van der Waals surface area contributed by atoms with Crippen LogP contribution in [0.4, 0.5) is 31.8 Å². The summed E-state index contributed by atoms with van der Waals surface area (Å²) in [5, 5.41) is 24.3. The molecule has 13 rings (SSSR count). The molecule has 9 heterocycles. The van der Waals surface area contributed by atoms with Gasteiger partial charge in [-0.3, -0.25) is 57.8 Å². The van der Waals surface area contributed by atoms with Gasteiger partial charge < -0.3 is 23.3 Å². The topological polar surface area (TPSA) is 304 Å². The zero-order valence-electron chi connectivity index (χ0n) is 44.7. The van der Waals surface area contributed by atoms with Gasteiger partial charge in [-0.2, -0.15) is 0 Å². The summed E-state index contributed by atoms with van der Waals surface area (Å²) in [7, 11) is 0. The molecule has 26 nitrogen and oxygen atoms in total. The highest BCUT2D eigenvalue weighted by molar-refractivity contribution is 8.56. The van der Waals surface area contributed by atoms with Gasteiger partial charge in [0.2, 0.25) is 0 Å². The summed E-state index contributed by atoms with van der Waals surface area (Å²) in [4.78, 5) is 82.1. The number of fused-ring (bicyclic) bond motifs is 12. The number of ether oxygens (including phenoxy) is 3. The number of amides is 2. The van der Waals surface area contributed by atoms with E-state index in [-0.39, 0.29) is 98.6 Å². The summed E-state index contributed by atoms with van der Waals surface area (Å²) in [5.41, 5.74) is 0.123. The van der Waals surface area contributed by atoms with Crippen molar-refractivity contribution in [1.29, 1.82) is 0 Å². The van der Waals surface area contributed by atoms with Gasteiger partial charge in [-0.25, -0.2) is 43.2 Å². The molecule has 4 aromatic heterocycles. The lowest BCUT2D eigenvalue weighted by molar-refractivity contribution is -0.385. The Balaban J connectivity index is 1.01. The number of imidazole rings is 2. The van der Waals surface area contributed by atoms with Crippen molar-refractivity contribution < 1.29 is 65.1 Å². The SMILES string of the molecule is O=C(c1ccccc1)N1C/C=C\CN(C(=O)c2ccccc2)c2ncnc3c2ncn3C2O[C@@H]3CCO[P@@](=O)(SCc4ccccc4[N+](=O)[O-])O[C@@H]4[C@@H](COC[P@@](=O)(SCc5ccccc5[N+](=O)[O-])O[C@H]3[C@H]2F)OC([C@@H]4F)n2cnc3c1ncnc32. The summed E-state index contributed by atoms with van der Waals surface area (Å²) < 4.78 is 107. The van der Waals surface area contributed by atoms with Crippen LogP contribution in [-0.4, -0.2) is 130 Å². The Morgan fingerprint density at radius 1 is 0.616 bits per heavy atom. The number of nitro groups is 2. The highest BCUT2D eigenvalue weighted by atomic mass is 32.7. The Labute approximate surface area is 494 Å². The van der Waals surface area contributed by atoms with Gasteiger partial charge in [0, 0.05) is 65.4 Å². The minimum Gasteiger partial charge on any atom is -0.368 e. The molecule has 3 saturated heterocycles. The van der Waals surface area contributed by atoms with Crippen molar-refractivity contribution in [3.63, 3.8) is 0 Å². The molecule has 3 fully saturated rings. The molecular weight excluding hydrogens is 1200 g/mol. The van der Waals surface area contributed by atoms with Crippen molar-refractivity contribution in [3.05, 3.63) is 189 Å². The van der Waals surface area contributed by atoms with Gasteiger partial charge in [0.25, 0.3) is 29.8 Å². The van der Waals surface area contributed by atoms with Crippen LogP contribution >= 0.6 is 36.1 Å². The van der Waals surface area contributed by atoms with Crippen molar-refractivity contribution >= 4 is 93.3 Å². The molecule has 14 bridgehead atoms. The van der Waals surface area contributed by atoms with Crippen LogP contribution in [0.5, 0.6) is 0 Å². The number of anilines is 2. The van der Waals surface area contributed by atoms with E-state index in [1.807, 2.05) is 0 Å². The van der Waals surface area contributed by atoms with E-state index < -0.39 is 104 Å². The molecule has 4 aromatic carbocycles. The minimum atomic E-state index is -4.75. The van der Waals surface area contributed by atoms with Crippen molar-refractivity contribution in [2.45, 2.75) is 67.1 Å². The molecule has 0 spiro atoms. The summed E-state index contributed by atoms with van der Waals surface area (Å²) in [6, 6.07) is 28.0. The number of hydrogen-bond acceptors (Lipinski definition) is 22. The van der Waals surface area contributed by atoms with Gasteiger partial charge >= 0.3 is 6.80 Å². The average molecular weight is 1250 g/mol. The van der Waals surface area contributed by atoms with Gasteiger partial charge in [0.1, 0.15) is 37.3 Å². The molecule has 32 heteroatoms. The van der Waals surface area contributed by atoms with Crippen LogP contribution in [-0.2, 0) is 48.4 Å². The number of carbonyl (C=O) groups is 2. The van der Waals surface area contributed by atoms with Crippen molar-refractivity contribution in [2.24, 2.45) is 0 Å². The maximum Gasteiger partial charge on any atom is 0.389 e. The fourth-order valence-corrected chi connectivity index (χ4v) is 17.4. The smallest absolute Gasteiger partial charge is 0.368 e. The van der Waals surface area contributed by atoms with Crippen LogP contribution in [0.15, 0.2) is 147 Å². The summed E-state index contributed by atoms with van der Waals surface area (Å²) in [6.45, 7) is -10.8. The monoisotopic (exact) mass is 1250 g/mol. The van der Waals surface area contributed by atoms with Crippen LogP contribution in [0.3, 0.4) is 0 Å². The predicted molar refractivity (Wildman–Crippen MR) is 309 cm³/mol. The Kier molecular flexibility index (Phi) is 17.0. The molecule has 2 unspecified atom stereocenters. The number of halogens is 2. The van der Waals surface area contributed by atoms with E-state index in [1.165, 1.54) is 74.1 Å².